The number of carboxylic acids is 1. The molecule has 0 unspecified atom stereocenters. The van der Waals surface area contributed by atoms with Crippen LogP contribution in [0.3, 0.4) is 0 Å². The predicted octanol–water partition coefficient (Wildman–Crippen LogP) is 2.01. The first-order chi connectivity index (χ1) is 9.56. The summed E-state index contributed by atoms with van der Waals surface area (Å²) in [5.41, 5.74) is 0.434. The smallest absolute Gasteiger partial charge is 0.306 e. The zero-order valence-corrected chi connectivity index (χ0v) is 11.2. The summed E-state index contributed by atoms with van der Waals surface area (Å²) in [7, 11) is 0. The molecule has 2 rings (SSSR count). The van der Waals surface area contributed by atoms with Gasteiger partial charge in [-0.25, -0.2) is 0 Å². The van der Waals surface area contributed by atoms with E-state index < -0.39 is 5.97 Å². The largest absolute Gasteiger partial charge is 0.508 e. The molecule has 0 aliphatic heterocycles. The van der Waals surface area contributed by atoms with Crippen LogP contribution in [-0.4, -0.2) is 28.6 Å². The van der Waals surface area contributed by atoms with E-state index in [2.05, 4.69) is 5.32 Å². The van der Waals surface area contributed by atoms with Crippen molar-refractivity contribution in [2.24, 2.45) is 11.8 Å². The summed E-state index contributed by atoms with van der Waals surface area (Å²) < 4.78 is 0. The standard InChI is InChI=1S/C15H19NO4/c17-13-3-1-2-12(8-13)14(18)16-9-10-4-6-11(7-5-10)15(19)20/h1-3,8,10-11,17H,4-7,9H2,(H,16,18)(H,19,20). The van der Waals surface area contributed by atoms with E-state index >= 15 is 0 Å². The number of hydrogen-bond donors (Lipinski definition) is 3. The first kappa shape index (κ1) is 14.4. The molecule has 0 spiro atoms. The molecular formula is C15H19NO4. The van der Waals surface area contributed by atoms with Crippen LogP contribution in [0.2, 0.25) is 0 Å². The molecule has 1 aromatic rings. The Hall–Kier alpha value is -2.04. The van der Waals surface area contributed by atoms with E-state index in [1.165, 1.54) is 12.1 Å². The van der Waals surface area contributed by atoms with Crippen LogP contribution in [0, 0.1) is 11.8 Å². The monoisotopic (exact) mass is 277 g/mol. The number of hydrogen-bond acceptors (Lipinski definition) is 3. The van der Waals surface area contributed by atoms with E-state index in [0.717, 1.165) is 12.8 Å². The van der Waals surface area contributed by atoms with Gasteiger partial charge in [0.15, 0.2) is 0 Å². The average molecular weight is 277 g/mol. The van der Waals surface area contributed by atoms with Gasteiger partial charge in [0.05, 0.1) is 5.92 Å². The van der Waals surface area contributed by atoms with Gasteiger partial charge in [-0.2, -0.15) is 0 Å². The molecule has 1 aromatic carbocycles. The second-order valence-electron chi connectivity index (χ2n) is 5.32. The van der Waals surface area contributed by atoms with Gasteiger partial charge < -0.3 is 15.5 Å². The predicted molar refractivity (Wildman–Crippen MR) is 73.5 cm³/mol. The van der Waals surface area contributed by atoms with E-state index in [1.807, 2.05) is 0 Å². The lowest BCUT2D eigenvalue weighted by atomic mass is 9.82. The number of carbonyl (C=O) groups excluding carboxylic acids is 1. The topological polar surface area (TPSA) is 86.6 Å². The van der Waals surface area contributed by atoms with Gasteiger partial charge in [0.1, 0.15) is 5.75 Å². The van der Waals surface area contributed by atoms with Crippen LogP contribution in [-0.2, 0) is 4.79 Å². The van der Waals surface area contributed by atoms with Gasteiger partial charge >= 0.3 is 5.97 Å². The summed E-state index contributed by atoms with van der Waals surface area (Å²) >= 11 is 0. The Morgan fingerprint density at radius 1 is 1.20 bits per heavy atom. The van der Waals surface area contributed by atoms with Crippen molar-refractivity contribution >= 4 is 11.9 Å². The second-order valence-corrected chi connectivity index (χ2v) is 5.32. The van der Waals surface area contributed by atoms with Gasteiger partial charge in [0.25, 0.3) is 5.91 Å². The Morgan fingerprint density at radius 2 is 1.90 bits per heavy atom. The Balaban J connectivity index is 1.79. The van der Waals surface area contributed by atoms with Crippen LogP contribution < -0.4 is 5.32 Å². The van der Waals surface area contributed by atoms with Gasteiger partial charge in [-0.3, -0.25) is 9.59 Å². The molecule has 0 radical (unpaired) electrons. The molecule has 5 heteroatoms. The molecule has 5 nitrogen and oxygen atoms in total. The molecule has 1 fully saturated rings. The SMILES string of the molecule is O=C(NCC1CCC(C(=O)O)CC1)c1cccc(O)c1. The molecule has 20 heavy (non-hydrogen) atoms. The maximum Gasteiger partial charge on any atom is 0.306 e. The van der Waals surface area contributed by atoms with Crippen LogP contribution in [0.5, 0.6) is 5.75 Å². The summed E-state index contributed by atoms with van der Waals surface area (Å²) in [6.07, 6.45) is 3.03. The minimum atomic E-state index is -0.716. The summed E-state index contributed by atoms with van der Waals surface area (Å²) in [5.74, 6) is -0.743. The van der Waals surface area contributed by atoms with Crippen LogP contribution in [0.15, 0.2) is 24.3 Å². The normalized spacial score (nSPS) is 22.2. The molecule has 3 N–H and O–H groups in total. The fourth-order valence-corrected chi connectivity index (χ4v) is 2.60. The number of aliphatic carboxylic acids is 1. The number of amides is 1. The minimum absolute atomic E-state index is 0.0691. The number of benzene rings is 1. The zero-order chi connectivity index (χ0) is 14.5. The van der Waals surface area contributed by atoms with E-state index in [0.29, 0.717) is 30.9 Å². The minimum Gasteiger partial charge on any atom is -0.508 e. The van der Waals surface area contributed by atoms with Gasteiger partial charge in [-0.15, -0.1) is 0 Å². The first-order valence-electron chi connectivity index (χ1n) is 6.86. The highest BCUT2D eigenvalue weighted by Gasteiger charge is 2.26. The third-order valence-corrected chi connectivity index (χ3v) is 3.86. The lowest BCUT2D eigenvalue weighted by Gasteiger charge is -2.26. The van der Waals surface area contributed by atoms with Gasteiger partial charge in [0.2, 0.25) is 0 Å². The molecule has 0 bridgehead atoms. The third kappa shape index (κ3) is 3.73. The molecule has 1 aliphatic carbocycles. The van der Waals surface area contributed by atoms with Crippen molar-refractivity contribution in [2.45, 2.75) is 25.7 Å². The first-order valence-corrected chi connectivity index (χ1v) is 6.86. The summed E-state index contributed by atoms with van der Waals surface area (Å²) in [5, 5.41) is 21.1. The van der Waals surface area contributed by atoms with Crippen LogP contribution in [0.4, 0.5) is 0 Å². The van der Waals surface area contributed by atoms with Crippen molar-refractivity contribution in [1.82, 2.24) is 5.32 Å². The maximum absolute atomic E-state index is 11.9. The summed E-state index contributed by atoms with van der Waals surface area (Å²) in [6.45, 7) is 0.556. The fourth-order valence-electron chi connectivity index (χ4n) is 2.60. The van der Waals surface area contributed by atoms with Crippen LogP contribution in [0.1, 0.15) is 36.0 Å². The third-order valence-electron chi connectivity index (χ3n) is 3.86. The molecule has 108 valence electrons. The zero-order valence-electron chi connectivity index (χ0n) is 11.2. The van der Waals surface area contributed by atoms with Crippen LogP contribution in [0.25, 0.3) is 0 Å². The Bertz CT molecular complexity index is 492. The van der Waals surface area contributed by atoms with Crippen molar-refractivity contribution in [2.75, 3.05) is 6.54 Å². The summed E-state index contributed by atoms with van der Waals surface area (Å²) in [4.78, 5) is 22.7. The molecular weight excluding hydrogens is 258 g/mol. The van der Waals surface area contributed by atoms with E-state index in [1.54, 1.807) is 12.1 Å². The number of nitrogens with one attached hydrogen (secondary N) is 1. The second kappa shape index (κ2) is 6.41. The number of rotatable bonds is 4. The number of phenolic OH excluding ortho intramolecular Hbond substituents is 1. The van der Waals surface area contributed by atoms with Crippen molar-refractivity contribution in [1.29, 1.82) is 0 Å². The molecule has 0 atom stereocenters. The molecule has 1 amide bonds. The van der Waals surface area contributed by atoms with Gasteiger partial charge in [-0.05, 0) is 49.8 Å². The number of carboxylic acid groups (broad SMARTS) is 1. The van der Waals surface area contributed by atoms with Crippen molar-refractivity contribution in [3.05, 3.63) is 29.8 Å². The number of phenols is 1. The van der Waals surface area contributed by atoms with Crippen molar-refractivity contribution in [3.8, 4) is 5.75 Å². The lowest BCUT2D eigenvalue weighted by molar-refractivity contribution is -0.143. The molecule has 1 aliphatic rings. The molecule has 0 aromatic heterocycles. The summed E-state index contributed by atoms with van der Waals surface area (Å²) in [6, 6.07) is 6.22. The Kier molecular flexibility index (Phi) is 4.61. The van der Waals surface area contributed by atoms with Gasteiger partial charge in [-0.1, -0.05) is 6.07 Å². The Morgan fingerprint density at radius 3 is 2.50 bits per heavy atom. The quantitative estimate of drug-likeness (QED) is 0.785. The van der Waals surface area contributed by atoms with Crippen LogP contribution >= 0.6 is 0 Å². The van der Waals surface area contributed by atoms with E-state index in [-0.39, 0.29) is 17.6 Å². The van der Waals surface area contributed by atoms with Gasteiger partial charge in [0, 0.05) is 12.1 Å². The average Bonchev–Trinajstić information content (AvgIpc) is 2.45. The van der Waals surface area contributed by atoms with E-state index in [4.69, 9.17) is 5.11 Å². The molecule has 0 saturated heterocycles. The maximum atomic E-state index is 11.9. The Labute approximate surface area is 117 Å². The van der Waals surface area contributed by atoms with Crippen molar-refractivity contribution < 1.29 is 19.8 Å². The highest BCUT2D eigenvalue weighted by molar-refractivity contribution is 5.94. The highest BCUT2D eigenvalue weighted by atomic mass is 16.4. The number of aromatic hydroxyl groups is 1. The number of carbonyl (C=O) groups is 2. The van der Waals surface area contributed by atoms with E-state index in [9.17, 15) is 14.7 Å². The molecule has 1 saturated carbocycles. The lowest BCUT2D eigenvalue weighted by Crippen LogP contribution is -2.32. The van der Waals surface area contributed by atoms with Crippen molar-refractivity contribution in [3.63, 3.8) is 0 Å². The molecule has 0 heterocycles. The fraction of sp³-hybridized carbons (Fsp3) is 0.467. The highest BCUT2D eigenvalue weighted by Crippen LogP contribution is 2.28.